The van der Waals surface area contributed by atoms with Crippen molar-refractivity contribution in [2.24, 2.45) is 17.3 Å². The van der Waals surface area contributed by atoms with Gasteiger partial charge in [0.15, 0.2) is 0 Å². The number of rotatable bonds is 7. The molecule has 20 heavy (non-hydrogen) atoms. The lowest BCUT2D eigenvalue weighted by Gasteiger charge is -2.24. The Morgan fingerprint density at radius 1 is 1.25 bits per heavy atom. The van der Waals surface area contributed by atoms with Crippen LogP contribution in [-0.2, 0) is 9.59 Å². The Bertz CT molecular complexity index is 385. The van der Waals surface area contributed by atoms with Crippen LogP contribution in [0.25, 0.3) is 0 Å². The number of aliphatic hydroxyl groups is 1. The van der Waals surface area contributed by atoms with Gasteiger partial charge in [-0.15, -0.1) is 0 Å². The molecule has 0 bridgehead atoms. The lowest BCUT2D eigenvalue weighted by Crippen LogP contribution is -2.53. The van der Waals surface area contributed by atoms with Crippen molar-refractivity contribution in [1.29, 1.82) is 0 Å². The van der Waals surface area contributed by atoms with Gasteiger partial charge in [-0.25, -0.2) is 0 Å². The zero-order valence-electron chi connectivity index (χ0n) is 12.6. The standard InChI is InChI=1S/C15H26N2O3/c1-9(2)15(6-7-15)8-16-14(20)12(10(3)18)17-13(19)11-4-5-11/h9-12,18H,4-8H2,1-3H3,(H,16,20)(H,17,19). The normalized spacial score (nSPS) is 23.1. The lowest BCUT2D eigenvalue weighted by atomic mass is 9.92. The Labute approximate surface area is 120 Å². The first-order chi connectivity index (χ1) is 9.35. The summed E-state index contributed by atoms with van der Waals surface area (Å²) in [4.78, 5) is 23.9. The lowest BCUT2D eigenvalue weighted by molar-refractivity contribution is -0.132. The summed E-state index contributed by atoms with van der Waals surface area (Å²) in [7, 11) is 0. The minimum absolute atomic E-state index is 0.0366. The highest BCUT2D eigenvalue weighted by Gasteiger charge is 2.45. The molecular formula is C15H26N2O3. The van der Waals surface area contributed by atoms with Gasteiger partial charge >= 0.3 is 0 Å². The molecule has 2 saturated carbocycles. The Morgan fingerprint density at radius 2 is 1.85 bits per heavy atom. The van der Waals surface area contributed by atoms with E-state index in [0.717, 1.165) is 25.7 Å². The molecule has 0 aromatic rings. The molecule has 0 radical (unpaired) electrons. The maximum atomic E-state index is 12.2. The Morgan fingerprint density at radius 3 is 2.25 bits per heavy atom. The van der Waals surface area contributed by atoms with Gasteiger partial charge in [-0.3, -0.25) is 9.59 Å². The van der Waals surface area contributed by atoms with Crippen molar-refractivity contribution in [2.75, 3.05) is 6.54 Å². The van der Waals surface area contributed by atoms with Gasteiger partial charge in [0.1, 0.15) is 6.04 Å². The third-order valence-corrected chi connectivity index (χ3v) is 4.74. The predicted octanol–water partition coefficient (Wildman–Crippen LogP) is 0.814. The van der Waals surface area contributed by atoms with E-state index in [9.17, 15) is 14.7 Å². The number of hydrogen-bond acceptors (Lipinski definition) is 3. The fourth-order valence-corrected chi connectivity index (χ4v) is 2.51. The Kier molecular flexibility index (Phi) is 4.37. The van der Waals surface area contributed by atoms with Gasteiger partial charge in [0.05, 0.1) is 6.10 Å². The molecule has 0 aliphatic heterocycles. The number of nitrogens with one attached hydrogen (secondary N) is 2. The van der Waals surface area contributed by atoms with Crippen molar-refractivity contribution in [1.82, 2.24) is 10.6 Å². The zero-order chi connectivity index (χ0) is 14.9. The third-order valence-electron chi connectivity index (χ3n) is 4.74. The molecule has 0 aromatic heterocycles. The molecule has 0 spiro atoms. The molecule has 5 heteroatoms. The Hall–Kier alpha value is -1.10. The van der Waals surface area contributed by atoms with E-state index in [1.807, 2.05) is 0 Å². The fourth-order valence-electron chi connectivity index (χ4n) is 2.51. The quantitative estimate of drug-likeness (QED) is 0.647. The first-order valence-corrected chi connectivity index (χ1v) is 7.62. The third kappa shape index (κ3) is 3.51. The number of carbonyl (C=O) groups excluding carboxylic acids is 2. The number of hydrogen-bond donors (Lipinski definition) is 3. The maximum Gasteiger partial charge on any atom is 0.245 e. The summed E-state index contributed by atoms with van der Waals surface area (Å²) in [5.74, 6) is 0.181. The Balaban J connectivity index is 1.85. The van der Waals surface area contributed by atoms with Crippen molar-refractivity contribution in [3.05, 3.63) is 0 Å². The molecule has 5 nitrogen and oxygen atoms in total. The molecule has 2 atom stereocenters. The zero-order valence-corrected chi connectivity index (χ0v) is 12.6. The van der Waals surface area contributed by atoms with E-state index in [4.69, 9.17) is 0 Å². The van der Waals surface area contributed by atoms with E-state index in [1.165, 1.54) is 6.92 Å². The molecular weight excluding hydrogens is 256 g/mol. The number of carbonyl (C=O) groups is 2. The monoisotopic (exact) mass is 282 g/mol. The SMILES string of the molecule is CC(O)C(NC(=O)C1CC1)C(=O)NCC1(C(C)C)CC1. The number of aliphatic hydroxyl groups excluding tert-OH is 1. The van der Waals surface area contributed by atoms with E-state index in [2.05, 4.69) is 24.5 Å². The second-order valence-corrected chi connectivity index (χ2v) is 6.74. The molecule has 2 rings (SSSR count). The van der Waals surface area contributed by atoms with Crippen molar-refractivity contribution in [3.8, 4) is 0 Å². The highest BCUT2D eigenvalue weighted by Crippen LogP contribution is 2.51. The predicted molar refractivity (Wildman–Crippen MR) is 75.9 cm³/mol. The summed E-state index contributed by atoms with van der Waals surface area (Å²) in [5.41, 5.74) is 0.222. The largest absolute Gasteiger partial charge is 0.391 e. The second-order valence-electron chi connectivity index (χ2n) is 6.74. The topological polar surface area (TPSA) is 78.4 Å². The fraction of sp³-hybridized carbons (Fsp3) is 0.867. The average Bonchev–Trinajstić information content (AvgIpc) is 3.26. The average molecular weight is 282 g/mol. The van der Waals surface area contributed by atoms with Gasteiger partial charge in [-0.2, -0.15) is 0 Å². The first-order valence-electron chi connectivity index (χ1n) is 7.62. The molecule has 3 N–H and O–H groups in total. The van der Waals surface area contributed by atoms with Crippen LogP contribution < -0.4 is 10.6 Å². The molecule has 0 heterocycles. The molecule has 114 valence electrons. The van der Waals surface area contributed by atoms with E-state index < -0.39 is 12.1 Å². The molecule has 2 unspecified atom stereocenters. The summed E-state index contributed by atoms with van der Waals surface area (Å²) >= 11 is 0. The van der Waals surface area contributed by atoms with Crippen LogP contribution in [0.5, 0.6) is 0 Å². The summed E-state index contributed by atoms with van der Waals surface area (Å²) in [5, 5.41) is 15.3. The van der Waals surface area contributed by atoms with Gasteiger partial charge in [0, 0.05) is 12.5 Å². The van der Waals surface area contributed by atoms with Crippen LogP contribution in [0.2, 0.25) is 0 Å². The van der Waals surface area contributed by atoms with Crippen LogP contribution in [0.4, 0.5) is 0 Å². The summed E-state index contributed by atoms with van der Waals surface area (Å²) < 4.78 is 0. The molecule has 2 amide bonds. The van der Waals surface area contributed by atoms with Crippen LogP contribution in [0.3, 0.4) is 0 Å². The molecule has 0 aromatic carbocycles. The van der Waals surface area contributed by atoms with E-state index in [-0.39, 0.29) is 23.1 Å². The van der Waals surface area contributed by atoms with Crippen LogP contribution in [0, 0.1) is 17.3 Å². The van der Waals surface area contributed by atoms with E-state index >= 15 is 0 Å². The van der Waals surface area contributed by atoms with Crippen molar-refractivity contribution in [3.63, 3.8) is 0 Å². The van der Waals surface area contributed by atoms with Crippen LogP contribution in [0.15, 0.2) is 0 Å². The van der Waals surface area contributed by atoms with Gasteiger partial charge < -0.3 is 15.7 Å². The number of amides is 2. The summed E-state index contributed by atoms with van der Waals surface area (Å²) in [6, 6.07) is -0.842. The second kappa shape index (κ2) is 5.72. The molecule has 2 aliphatic rings. The van der Waals surface area contributed by atoms with Crippen LogP contribution >= 0.6 is 0 Å². The highest BCUT2D eigenvalue weighted by molar-refractivity contribution is 5.89. The van der Waals surface area contributed by atoms with Gasteiger partial charge in [-0.05, 0) is 43.9 Å². The van der Waals surface area contributed by atoms with Crippen molar-refractivity contribution in [2.45, 2.75) is 58.6 Å². The summed E-state index contributed by atoms with van der Waals surface area (Å²) in [6.07, 6.45) is 3.16. The van der Waals surface area contributed by atoms with Crippen LogP contribution in [0.1, 0.15) is 46.5 Å². The van der Waals surface area contributed by atoms with Crippen molar-refractivity contribution >= 4 is 11.8 Å². The van der Waals surface area contributed by atoms with Gasteiger partial charge in [-0.1, -0.05) is 13.8 Å². The maximum absolute atomic E-state index is 12.2. The van der Waals surface area contributed by atoms with Gasteiger partial charge in [0.25, 0.3) is 0 Å². The molecule has 0 saturated heterocycles. The minimum atomic E-state index is -0.882. The van der Waals surface area contributed by atoms with E-state index in [1.54, 1.807) is 0 Å². The molecule has 2 aliphatic carbocycles. The van der Waals surface area contributed by atoms with Crippen molar-refractivity contribution < 1.29 is 14.7 Å². The van der Waals surface area contributed by atoms with Crippen LogP contribution in [-0.4, -0.2) is 35.6 Å². The highest BCUT2D eigenvalue weighted by atomic mass is 16.3. The minimum Gasteiger partial charge on any atom is -0.391 e. The molecule has 2 fully saturated rings. The smallest absolute Gasteiger partial charge is 0.245 e. The van der Waals surface area contributed by atoms with E-state index in [0.29, 0.717) is 12.5 Å². The first kappa shape index (κ1) is 15.3. The summed E-state index contributed by atoms with van der Waals surface area (Å²) in [6.45, 7) is 6.50. The van der Waals surface area contributed by atoms with Gasteiger partial charge in [0.2, 0.25) is 11.8 Å².